The van der Waals surface area contributed by atoms with E-state index in [4.69, 9.17) is 4.74 Å². The van der Waals surface area contributed by atoms with Crippen LogP contribution in [0.1, 0.15) is 12.5 Å². The Hall–Kier alpha value is -2.68. The van der Waals surface area contributed by atoms with Gasteiger partial charge in [0.1, 0.15) is 6.54 Å². The third-order valence-electron chi connectivity index (χ3n) is 2.89. The topological polar surface area (TPSA) is 107 Å². The van der Waals surface area contributed by atoms with Crippen molar-refractivity contribution < 1.29 is 24.0 Å². The molecule has 1 fully saturated rings. The van der Waals surface area contributed by atoms with Crippen LogP contribution in [-0.2, 0) is 14.3 Å². The Morgan fingerprint density at radius 2 is 2.09 bits per heavy atom. The molecule has 1 aliphatic rings. The fourth-order valence-electron chi connectivity index (χ4n) is 1.89. The predicted octanol–water partition coefficient (Wildman–Crippen LogP) is 2.19. The summed E-state index contributed by atoms with van der Waals surface area (Å²) in [6, 6.07) is 5.86. The average molecular weight is 336 g/mol. The Labute approximate surface area is 135 Å². The minimum atomic E-state index is -0.693. The number of ether oxygens (including phenoxy) is 1. The minimum Gasteiger partial charge on any atom is -0.465 e. The number of imide groups is 1. The highest BCUT2D eigenvalue weighted by Gasteiger charge is 2.37. The van der Waals surface area contributed by atoms with Crippen molar-refractivity contribution in [3.05, 3.63) is 44.8 Å². The van der Waals surface area contributed by atoms with E-state index < -0.39 is 28.6 Å². The Kier molecular flexibility index (Phi) is 5.12. The number of hydrogen-bond acceptors (Lipinski definition) is 7. The van der Waals surface area contributed by atoms with Gasteiger partial charge in [-0.3, -0.25) is 29.4 Å². The van der Waals surface area contributed by atoms with Crippen LogP contribution >= 0.6 is 11.8 Å². The molecule has 2 amide bonds. The number of benzene rings is 1. The molecule has 23 heavy (non-hydrogen) atoms. The van der Waals surface area contributed by atoms with Crippen LogP contribution in [0.4, 0.5) is 10.5 Å². The van der Waals surface area contributed by atoms with Crippen LogP contribution in [0.15, 0.2) is 29.2 Å². The Morgan fingerprint density at radius 3 is 2.74 bits per heavy atom. The number of carbonyl (C=O) groups excluding carboxylic acids is 3. The summed E-state index contributed by atoms with van der Waals surface area (Å²) >= 11 is 0.625. The number of esters is 1. The molecule has 1 saturated heterocycles. The Balaban J connectivity index is 2.26. The van der Waals surface area contributed by atoms with Crippen molar-refractivity contribution in [1.82, 2.24) is 4.90 Å². The Bertz CT molecular complexity index is 715. The van der Waals surface area contributed by atoms with Gasteiger partial charge in [-0.15, -0.1) is 0 Å². The monoisotopic (exact) mass is 336 g/mol. The molecule has 1 aromatic carbocycles. The summed E-state index contributed by atoms with van der Waals surface area (Å²) in [5.41, 5.74) is 0.0313. The van der Waals surface area contributed by atoms with Gasteiger partial charge in [0.25, 0.3) is 16.8 Å². The van der Waals surface area contributed by atoms with Gasteiger partial charge in [-0.2, -0.15) is 0 Å². The van der Waals surface area contributed by atoms with Crippen LogP contribution in [0, 0.1) is 10.1 Å². The Morgan fingerprint density at radius 1 is 1.39 bits per heavy atom. The SMILES string of the molecule is CCOC(=O)CN1C(=O)S/C(=C/c2ccccc2[N+](=O)[O-])C1=O. The predicted molar refractivity (Wildman–Crippen MR) is 82.4 cm³/mol. The van der Waals surface area contributed by atoms with Crippen molar-refractivity contribution in [3.8, 4) is 0 Å². The lowest BCUT2D eigenvalue weighted by molar-refractivity contribution is -0.385. The molecule has 0 saturated carbocycles. The molecule has 0 radical (unpaired) electrons. The third-order valence-corrected chi connectivity index (χ3v) is 3.79. The van der Waals surface area contributed by atoms with E-state index in [0.29, 0.717) is 11.8 Å². The van der Waals surface area contributed by atoms with Crippen molar-refractivity contribution in [2.45, 2.75) is 6.92 Å². The molecule has 1 heterocycles. The number of hydrogen-bond donors (Lipinski definition) is 0. The summed E-state index contributed by atoms with van der Waals surface area (Å²) < 4.78 is 4.70. The second-order valence-electron chi connectivity index (χ2n) is 4.39. The van der Waals surface area contributed by atoms with E-state index >= 15 is 0 Å². The number of nitrogens with zero attached hydrogens (tertiary/aromatic N) is 2. The molecule has 9 heteroatoms. The molecule has 0 aliphatic carbocycles. The second kappa shape index (κ2) is 7.05. The van der Waals surface area contributed by atoms with Crippen LogP contribution < -0.4 is 0 Å². The first-order valence-corrected chi connectivity index (χ1v) is 7.40. The van der Waals surface area contributed by atoms with Crippen LogP contribution in [0.2, 0.25) is 0 Å². The summed E-state index contributed by atoms with van der Waals surface area (Å²) in [5.74, 6) is -1.37. The van der Waals surface area contributed by atoms with Gasteiger partial charge in [-0.1, -0.05) is 12.1 Å². The smallest absolute Gasteiger partial charge is 0.326 e. The molecule has 120 valence electrons. The fourth-order valence-corrected chi connectivity index (χ4v) is 2.72. The molecule has 0 aromatic heterocycles. The lowest BCUT2D eigenvalue weighted by Gasteiger charge is -2.10. The van der Waals surface area contributed by atoms with Crippen molar-refractivity contribution in [1.29, 1.82) is 0 Å². The number of thioether (sulfide) groups is 1. The average Bonchev–Trinajstić information content (AvgIpc) is 2.75. The molecular formula is C14H12N2O6S. The molecule has 2 rings (SSSR count). The van der Waals surface area contributed by atoms with Gasteiger partial charge in [0, 0.05) is 6.07 Å². The van der Waals surface area contributed by atoms with E-state index in [9.17, 15) is 24.5 Å². The molecule has 1 aromatic rings. The van der Waals surface area contributed by atoms with Gasteiger partial charge >= 0.3 is 5.97 Å². The van der Waals surface area contributed by atoms with Gasteiger partial charge in [0.2, 0.25) is 0 Å². The van der Waals surface area contributed by atoms with Crippen molar-refractivity contribution >= 4 is 40.6 Å². The highest BCUT2D eigenvalue weighted by molar-refractivity contribution is 8.18. The number of para-hydroxylation sites is 1. The van der Waals surface area contributed by atoms with Crippen LogP contribution in [0.25, 0.3) is 6.08 Å². The summed E-state index contributed by atoms with van der Waals surface area (Å²) in [6.07, 6.45) is 1.27. The molecule has 1 aliphatic heterocycles. The summed E-state index contributed by atoms with van der Waals surface area (Å²) in [5, 5.41) is 10.4. The number of rotatable bonds is 5. The summed E-state index contributed by atoms with van der Waals surface area (Å²) in [6.45, 7) is 1.27. The zero-order chi connectivity index (χ0) is 17.0. The van der Waals surface area contributed by atoms with E-state index in [1.165, 1.54) is 24.3 Å². The zero-order valence-electron chi connectivity index (χ0n) is 12.1. The first-order chi connectivity index (χ1) is 10.9. The number of nitro groups is 1. The third kappa shape index (κ3) is 3.75. The molecular weight excluding hydrogens is 324 g/mol. The van der Waals surface area contributed by atoms with E-state index in [2.05, 4.69) is 0 Å². The summed E-state index contributed by atoms with van der Waals surface area (Å²) in [4.78, 5) is 46.6. The molecule has 0 N–H and O–H groups in total. The van der Waals surface area contributed by atoms with E-state index in [0.717, 1.165) is 4.90 Å². The lowest BCUT2D eigenvalue weighted by atomic mass is 10.1. The molecule has 0 spiro atoms. The number of carbonyl (C=O) groups is 3. The first-order valence-electron chi connectivity index (χ1n) is 6.58. The molecule has 0 unspecified atom stereocenters. The van der Waals surface area contributed by atoms with Crippen LogP contribution in [0.3, 0.4) is 0 Å². The molecule has 0 bridgehead atoms. The largest absolute Gasteiger partial charge is 0.465 e. The molecule has 8 nitrogen and oxygen atoms in total. The highest BCUT2D eigenvalue weighted by Crippen LogP contribution is 2.33. The normalized spacial score (nSPS) is 16.0. The van der Waals surface area contributed by atoms with Crippen LogP contribution in [-0.4, -0.2) is 40.1 Å². The van der Waals surface area contributed by atoms with Gasteiger partial charge in [0.15, 0.2) is 0 Å². The highest BCUT2D eigenvalue weighted by atomic mass is 32.2. The van der Waals surface area contributed by atoms with Gasteiger partial charge in [-0.25, -0.2) is 0 Å². The first kappa shape index (κ1) is 16.7. The quantitative estimate of drug-likeness (QED) is 0.351. The van der Waals surface area contributed by atoms with Gasteiger partial charge < -0.3 is 4.74 Å². The van der Waals surface area contributed by atoms with Crippen molar-refractivity contribution in [2.75, 3.05) is 13.2 Å². The van der Waals surface area contributed by atoms with Gasteiger partial charge in [-0.05, 0) is 30.8 Å². The minimum absolute atomic E-state index is 0.0219. The zero-order valence-corrected chi connectivity index (χ0v) is 12.9. The van der Waals surface area contributed by atoms with Gasteiger partial charge in [0.05, 0.1) is 22.0 Å². The maximum absolute atomic E-state index is 12.2. The van der Waals surface area contributed by atoms with E-state index in [-0.39, 0.29) is 22.8 Å². The lowest BCUT2D eigenvalue weighted by Crippen LogP contribution is -2.34. The standard InChI is InChI=1S/C14H12N2O6S/c1-2-22-12(17)8-15-13(18)11(23-14(15)19)7-9-5-3-4-6-10(9)16(20)21/h3-7H,2,8H2,1H3/b11-7+. The maximum Gasteiger partial charge on any atom is 0.326 e. The second-order valence-corrected chi connectivity index (χ2v) is 5.38. The van der Waals surface area contributed by atoms with Crippen LogP contribution in [0.5, 0.6) is 0 Å². The van der Waals surface area contributed by atoms with E-state index in [1.54, 1.807) is 13.0 Å². The fraction of sp³-hybridized carbons (Fsp3) is 0.214. The van der Waals surface area contributed by atoms with E-state index in [1.807, 2.05) is 0 Å². The maximum atomic E-state index is 12.2. The summed E-state index contributed by atoms with van der Waals surface area (Å²) in [7, 11) is 0. The van der Waals surface area contributed by atoms with Crippen molar-refractivity contribution in [2.24, 2.45) is 0 Å². The van der Waals surface area contributed by atoms with Crippen molar-refractivity contribution in [3.63, 3.8) is 0 Å². The molecule has 0 atom stereocenters. The number of amides is 2. The number of nitro benzene ring substituents is 1.